The first-order valence-corrected chi connectivity index (χ1v) is 11.8. The molecule has 5 nitrogen and oxygen atoms in total. The highest BCUT2D eigenvalue weighted by atomic mass is 16.7. The van der Waals surface area contributed by atoms with Crippen LogP contribution in [-0.4, -0.2) is 42.1 Å². The van der Waals surface area contributed by atoms with Crippen molar-refractivity contribution in [3.05, 3.63) is 108 Å². The van der Waals surface area contributed by atoms with Crippen molar-refractivity contribution in [2.24, 2.45) is 5.92 Å². The number of ether oxygens (including phenoxy) is 3. The van der Waals surface area contributed by atoms with Crippen LogP contribution in [0.1, 0.15) is 16.7 Å². The summed E-state index contributed by atoms with van der Waals surface area (Å²) in [4.78, 5) is 6.17. The molecule has 0 saturated carbocycles. The smallest absolute Gasteiger partial charge is 0.114 e. The Bertz CT molecular complexity index is 1030. The quantitative estimate of drug-likeness (QED) is 0.517. The van der Waals surface area contributed by atoms with E-state index in [4.69, 9.17) is 19.0 Å². The van der Waals surface area contributed by atoms with Crippen LogP contribution < -0.4 is 0 Å². The maximum atomic E-state index is 6.54. The monoisotopic (exact) mass is 443 g/mol. The van der Waals surface area contributed by atoms with Crippen LogP contribution in [-0.2, 0) is 38.8 Å². The van der Waals surface area contributed by atoms with Gasteiger partial charge in [-0.25, -0.2) is 0 Å². The molecule has 0 radical (unpaired) electrons. The molecule has 3 aliphatic rings. The summed E-state index contributed by atoms with van der Waals surface area (Å²) in [5, 5.41) is 2.11. The molecule has 2 bridgehead atoms. The lowest BCUT2D eigenvalue weighted by molar-refractivity contribution is -0.171. The number of rotatable bonds is 8. The molecule has 0 amide bonds. The van der Waals surface area contributed by atoms with Gasteiger partial charge in [0.25, 0.3) is 0 Å². The van der Waals surface area contributed by atoms with E-state index in [0.717, 1.165) is 17.7 Å². The lowest BCUT2D eigenvalue weighted by Crippen LogP contribution is -2.54. The Hall–Kier alpha value is -2.54. The van der Waals surface area contributed by atoms with Gasteiger partial charge in [-0.1, -0.05) is 91.0 Å². The number of hydrogen-bond donors (Lipinski definition) is 0. The highest BCUT2D eigenvalue weighted by molar-refractivity contribution is 5.19. The highest BCUT2D eigenvalue weighted by Crippen LogP contribution is 2.48. The molecule has 5 heteroatoms. The Morgan fingerprint density at radius 1 is 0.667 bits per heavy atom. The molecule has 3 aromatic carbocycles. The number of benzene rings is 3. The molecule has 0 aliphatic carbocycles. The second-order valence-corrected chi connectivity index (χ2v) is 9.10. The third-order valence-corrected chi connectivity index (χ3v) is 7.00. The van der Waals surface area contributed by atoms with E-state index in [1.54, 1.807) is 0 Å². The van der Waals surface area contributed by atoms with Crippen molar-refractivity contribution in [1.82, 2.24) is 5.06 Å². The first kappa shape index (κ1) is 21.0. The Morgan fingerprint density at radius 2 is 1.18 bits per heavy atom. The lowest BCUT2D eigenvalue weighted by Gasteiger charge is -2.36. The fourth-order valence-electron chi connectivity index (χ4n) is 5.43. The molecule has 0 N–H and O–H groups in total. The van der Waals surface area contributed by atoms with Gasteiger partial charge in [0.15, 0.2) is 0 Å². The molecule has 3 saturated heterocycles. The number of hydroxylamine groups is 2. The van der Waals surface area contributed by atoms with Gasteiger partial charge in [-0.3, -0.25) is 4.84 Å². The van der Waals surface area contributed by atoms with Crippen LogP contribution >= 0.6 is 0 Å². The van der Waals surface area contributed by atoms with Gasteiger partial charge in [-0.05, 0) is 16.7 Å². The molecule has 3 fully saturated rings. The topological polar surface area (TPSA) is 40.2 Å². The van der Waals surface area contributed by atoms with Gasteiger partial charge >= 0.3 is 0 Å². The van der Waals surface area contributed by atoms with Gasteiger partial charge in [0.05, 0.1) is 32.0 Å². The van der Waals surface area contributed by atoms with E-state index in [1.807, 2.05) is 42.5 Å². The van der Waals surface area contributed by atoms with Crippen LogP contribution in [0, 0.1) is 5.92 Å². The molecule has 170 valence electrons. The van der Waals surface area contributed by atoms with E-state index in [2.05, 4.69) is 53.6 Å². The molecule has 6 atom stereocenters. The molecule has 3 aliphatic heterocycles. The fraction of sp³-hybridized carbons (Fsp3) is 0.357. The first-order chi connectivity index (χ1) is 16.4. The number of fused-ring (bicyclic) bond motifs is 5. The van der Waals surface area contributed by atoms with Crippen LogP contribution in [0.4, 0.5) is 0 Å². The predicted molar refractivity (Wildman–Crippen MR) is 124 cm³/mol. The molecular formula is C28H29NO4. The molecule has 0 unspecified atom stereocenters. The summed E-state index contributed by atoms with van der Waals surface area (Å²) >= 11 is 0. The van der Waals surface area contributed by atoms with E-state index < -0.39 is 0 Å². The average molecular weight is 444 g/mol. The van der Waals surface area contributed by atoms with Crippen molar-refractivity contribution in [2.75, 3.05) is 6.61 Å². The summed E-state index contributed by atoms with van der Waals surface area (Å²) in [6, 6.07) is 31.2. The minimum absolute atomic E-state index is 0.0229. The van der Waals surface area contributed by atoms with E-state index in [1.165, 1.54) is 5.56 Å². The van der Waals surface area contributed by atoms with Crippen molar-refractivity contribution >= 4 is 0 Å². The van der Waals surface area contributed by atoms with Crippen molar-refractivity contribution in [2.45, 2.75) is 50.2 Å². The standard InChI is InChI=1S/C28H29NO4/c1-4-10-20(11-5-1)16-29-24-23(19-32-29)25-27(30-17-21-12-6-2-7-13-21)28(26(24)33-25)31-18-22-14-8-3-9-15-22/h1-15,23-28H,16-19H2/t23-,24+,25-,26+,27+,28+/m1/s1. The molecule has 0 spiro atoms. The molecule has 3 heterocycles. The van der Waals surface area contributed by atoms with Gasteiger partial charge in [-0.15, -0.1) is 0 Å². The summed E-state index contributed by atoms with van der Waals surface area (Å²) in [6.07, 6.45) is -0.346. The van der Waals surface area contributed by atoms with E-state index >= 15 is 0 Å². The van der Waals surface area contributed by atoms with E-state index in [0.29, 0.717) is 19.8 Å². The van der Waals surface area contributed by atoms with Gasteiger partial charge in [-0.2, -0.15) is 5.06 Å². The molecule has 0 aromatic heterocycles. The average Bonchev–Trinajstić information content (AvgIpc) is 3.55. The Labute approximate surface area is 194 Å². The van der Waals surface area contributed by atoms with Crippen molar-refractivity contribution in [3.63, 3.8) is 0 Å². The van der Waals surface area contributed by atoms with Crippen LogP contribution in [0.5, 0.6) is 0 Å². The summed E-state index contributed by atoms with van der Waals surface area (Å²) in [6.45, 7) is 2.50. The largest absolute Gasteiger partial charge is 0.368 e. The lowest BCUT2D eigenvalue weighted by atomic mass is 9.81. The zero-order chi connectivity index (χ0) is 22.0. The maximum absolute atomic E-state index is 6.54. The summed E-state index contributed by atoms with van der Waals surface area (Å²) in [5.74, 6) is 0.288. The Kier molecular flexibility index (Phi) is 5.97. The predicted octanol–water partition coefficient (Wildman–Crippen LogP) is 4.37. The summed E-state index contributed by atoms with van der Waals surface area (Å²) in [5.41, 5.74) is 3.55. The minimum Gasteiger partial charge on any atom is -0.368 e. The fourth-order valence-corrected chi connectivity index (χ4v) is 5.43. The van der Waals surface area contributed by atoms with E-state index in [-0.39, 0.29) is 36.4 Å². The van der Waals surface area contributed by atoms with E-state index in [9.17, 15) is 0 Å². The second kappa shape index (κ2) is 9.37. The first-order valence-electron chi connectivity index (χ1n) is 11.8. The molecular weight excluding hydrogens is 414 g/mol. The zero-order valence-corrected chi connectivity index (χ0v) is 18.5. The third kappa shape index (κ3) is 4.23. The number of hydrogen-bond acceptors (Lipinski definition) is 5. The Morgan fingerprint density at radius 3 is 1.76 bits per heavy atom. The summed E-state index contributed by atoms with van der Waals surface area (Å²) in [7, 11) is 0. The number of nitrogens with zero attached hydrogens (tertiary/aromatic N) is 1. The highest BCUT2D eigenvalue weighted by Gasteiger charge is 2.65. The normalized spacial score (nSPS) is 30.5. The van der Waals surface area contributed by atoms with Gasteiger partial charge in [0, 0.05) is 12.5 Å². The summed E-state index contributed by atoms with van der Waals surface area (Å²) < 4.78 is 19.5. The molecule has 6 rings (SSSR count). The second-order valence-electron chi connectivity index (χ2n) is 9.10. The van der Waals surface area contributed by atoms with Gasteiger partial charge < -0.3 is 14.2 Å². The van der Waals surface area contributed by atoms with Crippen LogP contribution in [0.15, 0.2) is 91.0 Å². The van der Waals surface area contributed by atoms with Crippen molar-refractivity contribution in [1.29, 1.82) is 0 Å². The van der Waals surface area contributed by atoms with Crippen molar-refractivity contribution in [3.8, 4) is 0 Å². The SMILES string of the molecule is c1ccc(CO[C@@H]2[C@@H](OCc3ccccc3)[C@H]3O[C@@H]2[C@@H]2CON(Cc4ccccc4)[C@@H]23)cc1. The maximum Gasteiger partial charge on any atom is 0.114 e. The van der Waals surface area contributed by atoms with Gasteiger partial charge in [0.2, 0.25) is 0 Å². The van der Waals surface area contributed by atoms with Crippen molar-refractivity contribution < 1.29 is 19.0 Å². The molecule has 33 heavy (non-hydrogen) atoms. The van der Waals surface area contributed by atoms with Crippen LogP contribution in [0.25, 0.3) is 0 Å². The minimum atomic E-state index is -0.139. The van der Waals surface area contributed by atoms with Crippen LogP contribution in [0.3, 0.4) is 0 Å². The molecule has 3 aromatic rings. The van der Waals surface area contributed by atoms with Gasteiger partial charge in [0.1, 0.15) is 18.3 Å². The zero-order valence-electron chi connectivity index (χ0n) is 18.5. The van der Waals surface area contributed by atoms with Crippen LogP contribution in [0.2, 0.25) is 0 Å². The Balaban J connectivity index is 1.20. The third-order valence-electron chi connectivity index (χ3n) is 7.00.